The highest BCUT2D eigenvalue weighted by Crippen LogP contribution is 2.12. The van der Waals surface area contributed by atoms with Crippen molar-refractivity contribution in [2.24, 2.45) is 0 Å². The van der Waals surface area contributed by atoms with Gasteiger partial charge in [-0.3, -0.25) is 4.79 Å². The molecule has 0 aliphatic rings. The molecule has 21 heavy (non-hydrogen) atoms. The van der Waals surface area contributed by atoms with Crippen molar-refractivity contribution in [3.05, 3.63) is 65.7 Å². The number of nitrogens with one attached hydrogen (secondary N) is 2. The molecule has 2 N–H and O–H groups in total. The molecular weight excluding hydrogens is 274 g/mol. The molecule has 0 aliphatic heterocycles. The summed E-state index contributed by atoms with van der Waals surface area (Å²) in [4.78, 5) is 11.8. The second kappa shape index (κ2) is 6.95. The van der Waals surface area contributed by atoms with Crippen molar-refractivity contribution in [3.63, 3.8) is 0 Å². The van der Waals surface area contributed by atoms with Crippen LogP contribution in [0.5, 0.6) is 0 Å². The van der Waals surface area contributed by atoms with E-state index in [1.54, 1.807) is 12.1 Å². The average Bonchev–Trinajstić information content (AvgIpc) is 2.48. The molecule has 1 atom stereocenters. The minimum Gasteiger partial charge on any atom is -0.325 e. The number of anilines is 1. The summed E-state index contributed by atoms with van der Waals surface area (Å²) in [6.07, 6.45) is 0. The molecule has 110 valence electrons. The molecule has 0 bridgehead atoms. The first kappa shape index (κ1) is 15.1. The lowest BCUT2D eigenvalue weighted by Crippen LogP contribution is -2.30. The maximum Gasteiger partial charge on any atom is 0.238 e. The fraction of sp³-hybridized carbons (Fsp3) is 0.188. The highest BCUT2D eigenvalue weighted by Gasteiger charge is 2.08. The molecule has 0 heterocycles. The lowest BCUT2D eigenvalue weighted by Gasteiger charge is -2.14. The molecule has 0 radical (unpaired) electrons. The van der Waals surface area contributed by atoms with E-state index in [0.29, 0.717) is 5.69 Å². The standard InChI is InChI=1S/C16H16F2N2O/c1-11(12-2-4-13(17)5-3-12)19-10-16(21)20-15-8-6-14(18)7-9-15/h2-9,11,19H,10H2,1H3,(H,20,21)/t11-/m0/s1. The van der Waals surface area contributed by atoms with Gasteiger partial charge in [-0.15, -0.1) is 0 Å². The van der Waals surface area contributed by atoms with Gasteiger partial charge < -0.3 is 10.6 Å². The van der Waals surface area contributed by atoms with Gasteiger partial charge in [0.05, 0.1) is 6.54 Å². The number of carbonyl (C=O) groups excluding carboxylic acids is 1. The second-order valence-corrected chi connectivity index (χ2v) is 4.71. The van der Waals surface area contributed by atoms with Crippen molar-refractivity contribution in [2.45, 2.75) is 13.0 Å². The Morgan fingerprint density at radius 3 is 2.10 bits per heavy atom. The average molecular weight is 290 g/mol. The molecule has 0 saturated heterocycles. The predicted octanol–water partition coefficient (Wildman–Crippen LogP) is 3.25. The van der Waals surface area contributed by atoms with E-state index in [1.807, 2.05) is 6.92 Å². The summed E-state index contributed by atoms with van der Waals surface area (Å²) < 4.78 is 25.6. The first-order chi connectivity index (χ1) is 10.0. The topological polar surface area (TPSA) is 41.1 Å². The first-order valence-corrected chi connectivity index (χ1v) is 6.59. The van der Waals surface area contributed by atoms with Crippen LogP contribution in [0.4, 0.5) is 14.5 Å². The van der Waals surface area contributed by atoms with Crippen molar-refractivity contribution in [1.82, 2.24) is 5.32 Å². The SMILES string of the molecule is C[C@H](NCC(=O)Nc1ccc(F)cc1)c1ccc(F)cc1. The quantitative estimate of drug-likeness (QED) is 0.887. The molecule has 0 aromatic heterocycles. The summed E-state index contributed by atoms with van der Waals surface area (Å²) in [5.74, 6) is -0.869. The molecule has 2 rings (SSSR count). The van der Waals surface area contributed by atoms with E-state index < -0.39 is 0 Å². The lowest BCUT2D eigenvalue weighted by atomic mass is 10.1. The van der Waals surface area contributed by atoms with E-state index in [4.69, 9.17) is 0 Å². The minimum atomic E-state index is -0.351. The van der Waals surface area contributed by atoms with Crippen LogP contribution in [0.3, 0.4) is 0 Å². The summed E-state index contributed by atoms with van der Waals surface area (Å²) in [6.45, 7) is 1.99. The Bertz CT molecular complexity index is 597. The van der Waals surface area contributed by atoms with Gasteiger partial charge in [0.2, 0.25) is 5.91 Å². The highest BCUT2D eigenvalue weighted by molar-refractivity contribution is 5.92. The van der Waals surface area contributed by atoms with Crippen molar-refractivity contribution < 1.29 is 13.6 Å². The van der Waals surface area contributed by atoms with E-state index in [1.165, 1.54) is 36.4 Å². The number of benzene rings is 2. The third-order valence-corrected chi connectivity index (χ3v) is 3.07. The van der Waals surface area contributed by atoms with Crippen LogP contribution in [0.15, 0.2) is 48.5 Å². The van der Waals surface area contributed by atoms with Crippen LogP contribution in [-0.2, 0) is 4.79 Å². The van der Waals surface area contributed by atoms with Crippen molar-refractivity contribution >= 4 is 11.6 Å². The van der Waals surface area contributed by atoms with Crippen LogP contribution in [-0.4, -0.2) is 12.5 Å². The Morgan fingerprint density at radius 2 is 1.52 bits per heavy atom. The molecule has 3 nitrogen and oxygen atoms in total. The number of hydrogen-bond donors (Lipinski definition) is 2. The zero-order valence-electron chi connectivity index (χ0n) is 11.6. The summed E-state index contributed by atoms with van der Waals surface area (Å²) >= 11 is 0. The molecule has 2 aromatic carbocycles. The smallest absolute Gasteiger partial charge is 0.238 e. The molecule has 0 saturated carbocycles. The Balaban J connectivity index is 1.83. The van der Waals surface area contributed by atoms with Crippen LogP contribution in [0.25, 0.3) is 0 Å². The van der Waals surface area contributed by atoms with E-state index in [9.17, 15) is 13.6 Å². The van der Waals surface area contributed by atoms with Gasteiger partial charge in [-0.05, 0) is 48.9 Å². The van der Waals surface area contributed by atoms with E-state index >= 15 is 0 Å². The van der Waals surface area contributed by atoms with Gasteiger partial charge >= 0.3 is 0 Å². The number of halogens is 2. The van der Waals surface area contributed by atoms with Crippen LogP contribution in [0.1, 0.15) is 18.5 Å². The Morgan fingerprint density at radius 1 is 1.00 bits per heavy atom. The monoisotopic (exact) mass is 290 g/mol. The number of hydrogen-bond acceptors (Lipinski definition) is 2. The Kier molecular flexibility index (Phi) is 5.00. The van der Waals surface area contributed by atoms with Gasteiger partial charge in [-0.25, -0.2) is 8.78 Å². The second-order valence-electron chi connectivity index (χ2n) is 4.71. The largest absolute Gasteiger partial charge is 0.325 e. The molecule has 1 amide bonds. The van der Waals surface area contributed by atoms with E-state index in [0.717, 1.165) is 5.56 Å². The Hall–Kier alpha value is -2.27. The third-order valence-electron chi connectivity index (χ3n) is 3.07. The minimum absolute atomic E-state index is 0.0791. The molecule has 0 aliphatic carbocycles. The van der Waals surface area contributed by atoms with Crippen molar-refractivity contribution in [3.8, 4) is 0 Å². The lowest BCUT2D eigenvalue weighted by molar-refractivity contribution is -0.115. The van der Waals surface area contributed by atoms with Gasteiger partial charge in [-0.2, -0.15) is 0 Å². The Labute approximate surface area is 122 Å². The van der Waals surface area contributed by atoms with Crippen molar-refractivity contribution in [1.29, 1.82) is 0 Å². The molecule has 5 heteroatoms. The number of carbonyl (C=O) groups is 1. The van der Waals surface area contributed by atoms with Gasteiger partial charge in [0, 0.05) is 11.7 Å². The van der Waals surface area contributed by atoms with Crippen molar-refractivity contribution in [2.75, 3.05) is 11.9 Å². The van der Waals surface area contributed by atoms with Crippen LogP contribution in [0.2, 0.25) is 0 Å². The number of amides is 1. The third kappa shape index (κ3) is 4.65. The van der Waals surface area contributed by atoms with Crippen LogP contribution in [0, 0.1) is 11.6 Å². The van der Waals surface area contributed by atoms with Gasteiger partial charge in [0.25, 0.3) is 0 Å². The molecule has 0 fully saturated rings. The summed E-state index contributed by atoms with van der Waals surface area (Å²) in [5, 5.41) is 5.70. The molecule has 0 unspecified atom stereocenters. The maximum atomic E-state index is 12.8. The van der Waals surface area contributed by atoms with Crippen LogP contribution >= 0.6 is 0 Å². The predicted molar refractivity (Wildman–Crippen MR) is 77.8 cm³/mol. The van der Waals surface area contributed by atoms with Crippen LogP contribution < -0.4 is 10.6 Å². The number of rotatable bonds is 5. The zero-order chi connectivity index (χ0) is 15.2. The fourth-order valence-electron chi connectivity index (χ4n) is 1.85. The molecule has 0 spiro atoms. The highest BCUT2D eigenvalue weighted by atomic mass is 19.1. The summed E-state index contributed by atoms with van der Waals surface area (Å²) in [6, 6.07) is 11.6. The van der Waals surface area contributed by atoms with E-state index in [2.05, 4.69) is 10.6 Å². The summed E-state index contributed by atoms with van der Waals surface area (Å²) in [5.41, 5.74) is 1.43. The van der Waals surface area contributed by atoms with E-state index in [-0.39, 0.29) is 30.1 Å². The van der Waals surface area contributed by atoms with Gasteiger partial charge in [0.1, 0.15) is 11.6 Å². The normalized spacial score (nSPS) is 12.0. The summed E-state index contributed by atoms with van der Waals surface area (Å²) in [7, 11) is 0. The maximum absolute atomic E-state index is 12.8. The zero-order valence-corrected chi connectivity index (χ0v) is 11.6. The van der Waals surface area contributed by atoms with Gasteiger partial charge in [-0.1, -0.05) is 12.1 Å². The molecule has 2 aromatic rings. The fourth-order valence-corrected chi connectivity index (χ4v) is 1.85. The first-order valence-electron chi connectivity index (χ1n) is 6.59. The van der Waals surface area contributed by atoms with Gasteiger partial charge in [0.15, 0.2) is 0 Å². The molecular formula is C16H16F2N2O.